The molecule has 4 nitrogen and oxygen atoms in total. The SMILES string of the molecule is CN1CC(=O)N(CC(CS)c2ccccc2)C1=O. The van der Waals surface area contributed by atoms with E-state index in [1.165, 1.54) is 9.80 Å². The minimum absolute atomic E-state index is 0.0777. The molecule has 18 heavy (non-hydrogen) atoms. The first-order chi connectivity index (χ1) is 8.63. The van der Waals surface area contributed by atoms with Crippen molar-refractivity contribution in [3.05, 3.63) is 35.9 Å². The Morgan fingerprint density at radius 1 is 1.28 bits per heavy atom. The Morgan fingerprint density at radius 2 is 1.94 bits per heavy atom. The first kappa shape index (κ1) is 13.0. The van der Waals surface area contributed by atoms with Crippen LogP contribution in [0.4, 0.5) is 4.79 Å². The number of likely N-dealkylation sites (N-methyl/N-ethyl adjacent to an activating group) is 1. The molecule has 3 amide bonds. The van der Waals surface area contributed by atoms with Crippen LogP contribution in [0.1, 0.15) is 11.5 Å². The molecule has 1 saturated heterocycles. The molecule has 1 heterocycles. The van der Waals surface area contributed by atoms with E-state index in [0.717, 1.165) is 5.56 Å². The summed E-state index contributed by atoms with van der Waals surface area (Å²) in [5, 5.41) is 0. The first-order valence-electron chi connectivity index (χ1n) is 5.84. The van der Waals surface area contributed by atoms with Gasteiger partial charge in [-0.25, -0.2) is 4.79 Å². The molecule has 0 bridgehead atoms. The number of thiol groups is 1. The molecule has 0 aromatic heterocycles. The Kier molecular flexibility index (Phi) is 3.91. The summed E-state index contributed by atoms with van der Waals surface area (Å²) in [6.45, 7) is 0.572. The van der Waals surface area contributed by atoms with E-state index in [4.69, 9.17) is 0 Å². The summed E-state index contributed by atoms with van der Waals surface area (Å²) in [6.07, 6.45) is 0. The predicted molar refractivity (Wildman–Crippen MR) is 72.8 cm³/mol. The summed E-state index contributed by atoms with van der Waals surface area (Å²) in [7, 11) is 1.64. The van der Waals surface area contributed by atoms with E-state index in [1.54, 1.807) is 7.05 Å². The molecule has 1 aromatic carbocycles. The summed E-state index contributed by atoms with van der Waals surface area (Å²) < 4.78 is 0. The minimum atomic E-state index is -0.220. The Balaban J connectivity index is 2.12. The maximum absolute atomic E-state index is 11.8. The third-order valence-electron chi connectivity index (χ3n) is 3.13. The standard InChI is InChI=1S/C13H16N2O2S/c1-14-8-12(16)15(13(14)17)7-11(9-18)10-5-3-2-4-6-10/h2-6,11,18H,7-9H2,1H3. The van der Waals surface area contributed by atoms with E-state index in [1.807, 2.05) is 30.3 Å². The third-order valence-corrected chi connectivity index (χ3v) is 3.57. The molecule has 1 atom stereocenters. The Bertz CT molecular complexity index is 450. The van der Waals surface area contributed by atoms with Crippen LogP contribution in [0, 0.1) is 0 Å². The molecule has 2 rings (SSSR count). The molecule has 0 radical (unpaired) electrons. The van der Waals surface area contributed by atoms with E-state index >= 15 is 0 Å². The smallest absolute Gasteiger partial charge is 0.318 e. The van der Waals surface area contributed by atoms with Gasteiger partial charge in [-0.3, -0.25) is 9.69 Å². The number of imide groups is 1. The summed E-state index contributed by atoms with van der Waals surface area (Å²) in [4.78, 5) is 26.3. The molecule has 96 valence electrons. The predicted octanol–water partition coefficient (Wildman–Crippen LogP) is 1.59. The summed E-state index contributed by atoms with van der Waals surface area (Å²) in [6, 6.07) is 9.61. The van der Waals surface area contributed by atoms with Crippen molar-refractivity contribution in [2.24, 2.45) is 0 Å². The number of carbonyl (C=O) groups excluding carboxylic acids is 2. The first-order valence-corrected chi connectivity index (χ1v) is 6.48. The molecule has 1 aromatic rings. The molecule has 1 aliphatic rings. The van der Waals surface area contributed by atoms with Crippen LogP contribution in [0.2, 0.25) is 0 Å². The zero-order valence-corrected chi connectivity index (χ0v) is 11.1. The fraction of sp³-hybridized carbons (Fsp3) is 0.385. The van der Waals surface area contributed by atoms with E-state index in [-0.39, 0.29) is 24.4 Å². The third kappa shape index (κ3) is 2.51. The van der Waals surface area contributed by atoms with E-state index in [2.05, 4.69) is 12.6 Å². The van der Waals surface area contributed by atoms with Crippen molar-refractivity contribution in [1.29, 1.82) is 0 Å². The van der Waals surface area contributed by atoms with Crippen molar-refractivity contribution in [1.82, 2.24) is 9.80 Å². The molecule has 0 spiro atoms. The number of amides is 3. The van der Waals surface area contributed by atoms with Gasteiger partial charge in [-0.05, 0) is 11.3 Å². The molecule has 1 aliphatic heterocycles. The van der Waals surface area contributed by atoms with Crippen molar-refractivity contribution in [2.45, 2.75) is 5.92 Å². The summed E-state index contributed by atoms with van der Waals surface area (Å²) in [5.74, 6) is 0.546. The van der Waals surface area contributed by atoms with Gasteiger partial charge in [-0.2, -0.15) is 12.6 Å². The zero-order chi connectivity index (χ0) is 13.1. The maximum Gasteiger partial charge on any atom is 0.326 e. The van der Waals surface area contributed by atoms with E-state index in [0.29, 0.717) is 12.3 Å². The monoisotopic (exact) mass is 264 g/mol. The van der Waals surface area contributed by atoms with Gasteiger partial charge in [0.1, 0.15) is 6.54 Å². The van der Waals surface area contributed by atoms with Crippen molar-refractivity contribution in [3.8, 4) is 0 Å². The molecular formula is C13H16N2O2S. The van der Waals surface area contributed by atoms with Crippen LogP contribution in [0.3, 0.4) is 0 Å². The number of carbonyl (C=O) groups is 2. The van der Waals surface area contributed by atoms with Gasteiger partial charge in [0.15, 0.2) is 0 Å². The molecular weight excluding hydrogens is 248 g/mol. The van der Waals surface area contributed by atoms with Crippen LogP contribution in [-0.2, 0) is 4.79 Å². The van der Waals surface area contributed by atoms with Crippen molar-refractivity contribution in [2.75, 3.05) is 25.9 Å². The summed E-state index contributed by atoms with van der Waals surface area (Å²) in [5.41, 5.74) is 1.10. The average Bonchev–Trinajstić information content (AvgIpc) is 2.62. The zero-order valence-electron chi connectivity index (χ0n) is 10.2. The van der Waals surface area contributed by atoms with Gasteiger partial charge in [0, 0.05) is 19.5 Å². The second kappa shape index (κ2) is 5.44. The molecule has 0 aliphatic carbocycles. The second-order valence-corrected chi connectivity index (χ2v) is 4.80. The van der Waals surface area contributed by atoms with E-state index in [9.17, 15) is 9.59 Å². The topological polar surface area (TPSA) is 40.6 Å². The van der Waals surface area contributed by atoms with Crippen molar-refractivity contribution < 1.29 is 9.59 Å². The Morgan fingerprint density at radius 3 is 2.44 bits per heavy atom. The fourth-order valence-electron chi connectivity index (χ4n) is 2.06. The maximum atomic E-state index is 11.8. The lowest BCUT2D eigenvalue weighted by molar-refractivity contribution is -0.125. The lowest BCUT2D eigenvalue weighted by atomic mass is 10.0. The summed E-state index contributed by atoms with van der Waals surface area (Å²) >= 11 is 4.32. The molecule has 1 fully saturated rings. The number of nitrogens with zero attached hydrogens (tertiary/aromatic N) is 2. The molecule has 5 heteroatoms. The Labute approximate surface area is 112 Å². The van der Waals surface area contributed by atoms with Crippen molar-refractivity contribution >= 4 is 24.6 Å². The van der Waals surface area contributed by atoms with Crippen LogP contribution < -0.4 is 0 Å². The van der Waals surface area contributed by atoms with Gasteiger partial charge in [0.25, 0.3) is 0 Å². The second-order valence-electron chi connectivity index (χ2n) is 4.43. The molecule has 0 N–H and O–H groups in total. The van der Waals surface area contributed by atoms with Gasteiger partial charge in [-0.15, -0.1) is 0 Å². The average molecular weight is 264 g/mol. The minimum Gasteiger partial charge on any atom is -0.318 e. The fourth-order valence-corrected chi connectivity index (χ4v) is 2.39. The lowest BCUT2D eigenvalue weighted by Gasteiger charge is -2.21. The van der Waals surface area contributed by atoms with Crippen LogP contribution in [0.15, 0.2) is 30.3 Å². The van der Waals surface area contributed by atoms with E-state index < -0.39 is 0 Å². The largest absolute Gasteiger partial charge is 0.326 e. The Hall–Kier alpha value is -1.49. The van der Waals surface area contributed by atoms with Gasteiger partial charge in [0.2, 0.25) is 5.91 Å². The number of benzene rings is 1. The lowest BCUT2D eigenvalue weighted by Crippen LogP contribution is -2.35. The van der Waals surface area contributed by atoms with Gasteiger partial charge in [-0.1, -0.05) is 30.3 Å². The molecule has 0 saturated carbocycles. The number of hydrogen-bond donors (Lipinski definition) is 1. The highest BCUT2D eigenvalue weighted by molar-refractivity contribution is 7.80. The van der Waals surface area contributed by atoms with Crippen LogP contribution >= 0.6 is 12.6 Å². The van der Waals surface area contributed by atoms with Crippen LogP contribution in [0.25, 0.3) is 0 Å². The number of rotatable bonds is 4. The van der Waals surface area contributed by atoms with Gasteiger partial charge < -0.3 is 4.90 Å². The molecule has 1 unspecified atom stereocenters. The highest BCUT2D eigenvalue weighted by Gasteiger charge is 2.34. The van der Waals surface area contributed by atoms with Crippen molar-refractivity contribution in [3.63, 3.8) is 0 Å². The quantitative estimate of drug-likeness (QED) is 0.663. The highest BCUT2D eigenvalue weighted by Crippen LogP contribution is 2.21. The number of hydrogen-bond acceptors (Lipinski definition) is 3. The van der Waals surface area contributed by atoms with Gasteiger partial charge >= 0.3 is 6.03 Å². The van der Waals surface area contributed by atoms with Crippen LogP contribution in [0.5, 0.6) is 0 Å². The van der Waals surface area contributed by atoms with Crippen LogP contribution in [-0.4, -0.2) is 47.6 Å². The van der Waals surface area contributed by atoms with Gasteiger partial charge in [0.05, 0.1) is 0 Å². The highest BCUT2D eigenvalue weighted by atomic mass is 32.1. The normalized spacial score (nSPS) is 17.4. The number of urea groups is 1.